The van der Waals surface area contributed by atoms with Gasteiger partial charge in [0.1, 0.15) is 5.82 Å². The van der Waals surface area contributed by atoms with Gasteiger partial charge < -0.3 is 10.0 Å². The van der Waals surface area contributed by atoms with Crippen LogP contribution in [0.4, 0.5) is 4.39 Å². The van der Waals surface area contributed by atoms with Crippen LogP contribution in [0.2, 0.25) is 5.02 Å². The number of nitrogens with zero attached hydrogens (tertiary/aromatic N) is 1. The fourth-order valence-corrected chi connectivity index (χ4v) is 1.88. The maximum absolute atomic E-state index is 13.5. The number of hydrogen-bond donors (Lipinski definition) is 1. The van der Waals surface area contributed by atoms with Crippen LogP contribution in [0, 0.1) is 5.82 Å². The molecule has 0 aromatic heterocycles. The predicted octanol–water partition coefficient (Wildman–Crippen LogP) is 2.72. The van der Waals surface area contributed by atoms with E-state index in [1.165, 1.54) is 29.2 Å². The van der Waals surface area contributed by atoms with Crippen LogP contribution in [0.25, 0.3) is 6.08 Å². The maximum atomic E-state index is 13.5. The Morgan fingerprint density at radius 1 is 1.53 bits per heavy atom. The van der Waals surface area contributed by atoms with E-state index < -0.39 is 5.82 Å². The number of aliphatic hydroxyl groups excluding tert-OH is 1. The zero-order valence-electron chi connectivity index (χ0n) is 10.9. The van der Waals surface area contributed by atoms with E-state index in [1.807, 2.05) is 13.8 Å². The van der Waals surface area contributed by atoms with Crippen LogP contribution in [-0.4, -0.2) is 35.1 Å². The first-order chi connectivity index (χ1) is 8.97. The molecule has 0 spiro atoms. The van der Waals surface area contributed by atoms with Crippen LogP contribution in [0.1, 0.15) is 19.4 Å². The lowest BCUT2D eigenvalue weighted by molar-refractivity contribution is -0.128. The van der Waals surface area contributed by atoms with Gasteiger partial charge in [-0.15, -0.1) is 0 Å². The summed E-state index contributed by atoms with van der Waals surface area (Å²) in [4.78, 5) is 13.4. The Bertz CT molecular complexity index is 454. The van der Waals surface area contributed by atoms with Crippen molar-refractivity contribution in [3.05, 3.63) is 40.7 Å². The first-order valence-corrected chi connectivity index (χ1v) is 6.38. The number of carbonyl (C=O) groups is 1. The third-order valence-corrected chi connectivity index (χ3v) is 2.97. The third kappa shape index (κ3) is 4.33. The molecule has 0 aliphatic rings. The molecule has 104 valence electrons. The molecule has 3 nitrogen and oxygen atoms in total. The zero-order chi connectivity index (χ0) is 14.4. The number of amides is 1. The van der Waals surface area contributed by atoms with Crippen molar-refractivity contribution in [3.63, 3.8) is 0 Å². The summed E-state index contributed by atoms with van der Waals surface area (Å²) in [5.41, 5.74) is 0.185. The van der Waals surface area contributed by atoms with Crippen molar-refractivity contribution in [1.29, 1.82) is 0 Å². The lowest BCUT2D eigenvalue weighted by atomic mass is 10.2. The van der Waals surface area contributed by atoms with Gasteiger partial charge in [0.05, 0.1) is 11.6 Å². The Hall–Kier alpha value is -1.39. The molecule has 0 saturated heterocycles. The number of halogens is 2. The van der Waals surface area contributed by atoms with E-state index in [4.69, 9.17) is 16.7 Å². The van der Waals surface area contributed by atoms with Gasteiger partial charge in [-0.2, -0.15) is 0 Å². The Kier molecular flexibility index (Phi) is 5.99. The summed E-state index contributed by atoms with van der Waals surface area (Å²) in [7, 11) is 0. The number of benzene rings is 1. The molecule has 5 heteroatoms. The highest BCUT2D eigenvalue weighted by Crippen LogP contribution is 2.20. The average molecular weight is 286 g/mol. The molecule has 1 aromatic carbocycles. The smallest absolute Gasteiger partial charge is 0.246 e. The monoisotopic (exact) mass is 285 g/mol. The Labute approximate surface area is 117 Å². The molecule has 0 fully saturated rings. The molecule has 1 rings (SSSR count). The quantitative estimate of drug-likeness (QED) is 0.845. The zero-order valence-corrected chi connectivity index (χ0v) is 11.7. The van der Waals surface area contributed by atoms with Crippen molar-refractivity contribution in [2.24, 2.45) is 0 Å². The second kappa shape index (κ2) is 7.26. The van der Waals surface area contributed by atoms with Crippen LogP contribution in [0.5, 0.6) is 0 Å². The van der Waals surface area contributed by atoms with Crippen molar-refractivity contribution in [3.8, 4) is 0 Å². The molecule has 1 amide bonds. The molecule has 0 atom stereocenters. The fourth-order valence-electron chi connectivity index (χ4n) is 1.65. The van der Waals surface area contributed by atoms with Gasteiger partial charge in [0, 0.05) is 24.2 Å². The van der Waals surface area contributed by atoms with Gasteiger partial charge in [0.2, 0.25) is 5.91 Å². The van der Waals surface area contributed by atoms with Gasteiger partial charge in [0.15, 0.2) is 0 Å². The molecule has 0 bridgehead atoms. The van der Waals surface area contributed by atoms with E-state index in [-0.39, 0.29) is 35.7 Å². The topological polar surface area (TPSA) is 40.5 Å². The van der Waals surface area contributed by atoms with Crippen LogP contribution < -0.4 is 0 Å². The van der Waals surface area contributed by atoms with E-state index in [9.17, 15) is 9.18 Å². The second-order valence-corrected chi connectivity index (χ2v) is 4.72. The number of carbonyl (C=O) groups excluding carboxylic acids is 1. The molecular formula is C14H17ClFNO2. The average Bonchev–Trinajstić information content (AvgIpc) is 2.34. The van der Waals surface area contributed by atoms with Gasteiger partial charge in [0.25, 0.3) is 0 Å². The van der Waals surface area contributed by atoms with Crippen LogP contribution in [-0.2, 0) is 4.79 Å². The Morgan fingerprint density at radius 3 is 2.74 bits per heavy atom. The minimum atomic E-state index is -0.477. The number of hydrogen-bond acceptors (Lipinski definition) is 2. The van der Waals surface area contributed by atoms with Crippen molar-refractivity contribution in [1.82, 2.24) is 4.90 Å². The summed E-state index contributed by atoms with van der Waals surface area (Å²) >= 11 is 5.86. The van der Waals surface area contributed by atoms with Gasteiger partial charge in [-0.05, 0) is 32.1 Å². The first-order valence-electron chi connectivity index (χ1n) is 6.01. The standard InChI is InChI=1S/C14H17ClFNO2/c1-10(2)17(8-9-18)14(19)7-6-11-12(15)4-3-5-13(11)16/h3-7,10,18H,8-9H2,1-2H3/b7-6+. The molecule has 0 saturated carbocycles. The lowest BCUT2D eigenvalue weighted by Gasteiger charge is -2.24. The van der Waals surface area contributed by atoms with Crippen molar-refractivity contribution < 1.29 is 14.3 Å². The van der Waals surface area contributed by atoms with E-state index in [0.717, 1.165) is 0 Å². The summed E-state index contributed by atoms with van der Waals surface area (Å²) in [5, 5.41) is 9.16. The summed E-state index contributed by atoms with van der Waals surface area (Å²) in [6.07, 6.45) is 2.62. The van der Waals surface area contributed by atoms with Crippen LogP contribution in [0.3, 0.4) is 0 Å². The molecule has 0 aliphatic heterocycles. The highest BCUT2D eigenvalue weighted by molar-refractivity contribution is 6.32. The highest BCUT2D eigenvalue weighted by Gasteiger charge is 2.13. The summed E-state index contributed by atoms with van der Waals surface area (Å²) in [6, 6.07) is 4.30. The minimum Gasteiger partial charge on any atom is -0.395 e. The fraction of sp³-hybridized carbons (Fsp3) is 0.357. The van der Waals surface area contributed by atoms with Crippen molar-refractivity contribution in [2.75, 3.05) is 13.2 Å². The molecule has 1 aromatic rings. The summed E-state index contributed by atoms with van der Waals surface area (Å²) in [5.74, 6) is -0.766. The van der Waals surface area contributed by atoms with Gasteiger partial charge >= 0.3 is 0 Å². The Balaban J connectivity index is 2.88. The summed E-state index contributed by atoms with van der Waals surface area (Å²) < 4.78 is 13.5. The van der Waals surface area contributed by atoms with Gasteiger partial charge in [-0.1, -0.05) is 17.7 Å². The Morgan fingerprint density at radius 2 is 2.21 bits per heavy atom. The van der Waals surface area contributed by atoms with Crippen molar-refractivity contribution >= 4 is 23.6 Å². The second-order valence-electron chi connectivity index (χ2n) is 4.32. The minimum absolute atomic E-state index is 0.0413. The van der Waals surface area contributed by atoms with Crippen LogP contribution in [0.15, 0.2) is 24.3 Å². The highest BCUT2D eigenvalue weighted by atomic mass is 35.5. The molecule has 0 heterocycles. The first kappa shape index (κ1) is 15.7. The summed E-state index contributed by atoms with van der Waals surface area (Å²) in [6.45, 7) is 3.82. The molecule has 0 unspecified atom stereocenters. The predicted molar refractivity (Wildman–Crippen MR) is 74.4 cm³/mol. The maximum Gasteiger partial charge on any atom is 0.246 e. The van der Waals surface area contributed by atoms with Gasteiger partial charge in [-0.3, -0.25) is 4.79 Å². The van der Waals surface area contributed by atoms with E-state index in [2.05, 4.69) is 0 Å². The van der Waals surface area contributed by atoms with E-state index >= 15 is 0 Å². The third-order valence-electron chi connectivity index (χ3n) is 2.64. The molecule has 1 N–H and O–H groups in total. The van der Waals surface area contributed by atoms with E-state index in [0.29, 0.717) is 0 Å². The number of aliphatic hydroxyl groups is 1. The number of rotatable bonds is 5. The van der Waals surface area contributed by atoms with Crippen LogP contribution >= 0.6 is 11.6 Å². The van der Waals surface area contributed by atoms with Gasteiger partial charge in [-0.25, -0.2) is 4.39 Å². The lowest BCUT2D eigenvalue weighted by Crippen LogP contribution is -2.37. The molecule has 0 radical (unpaired) electrons. The molecular weight excluding hydrogens is 269 g/mol. The van der Waals surface area contributed by atoms with Crippen molar-refractivity contribution in [2.45, 2.75) is 19.9 Å². The molecule has 19 heavy (non-hydrogen) atoms. The van der Waals surface area contributed by atoms with E-state index in [1.54, 1.807) is 6.07 Å². The largest absolute Gasteiger partial charge is 0.395 e. The normalized spacial score (nSPS) is 11.3. The molecule has 0 aliphatic carbocycles. The SMILES string of the molecule is CC(C)N(CCO)C(=O)/C=C/c1c(F)cccc1Cl.